The molecular formula is C17H25ClN2O3. The van der Waals surface area contributed by atoms with Gasteiger partial charge < -0.3 is 20.5 Å². The fraction of sp³-hybridized carbons (Fsp3) is 0.588. The second-order valence-corrected chi connectivity index (χ2v) is 7.47. The maximum atomic E-state index is 11.9. The van der Waals surface area contributed by atoms with Crippen molar-refractivity contribution in [2.75, 3.05) is 26.3 Å². The van der Waals surface area contributed by atoms with Crippen LogP contribution in [-0.4, -0.2) is 43.0 Å². The third-order valence-electron chi connectivity index (χ3n) is 3.96. The molecule has 0 spiro atoms. The number of rotatable bonds is 6. The van der Waals surface area contributed by atoms with Crippen LogP contribution >= 0.6 is 11.6 Å². The van der Waals surface area contributed by atoms with Gasteiger partial charge in [-0.05, 0) is 29.5 Å². The van der Waals surface area contributed by atoms with Crippen molar-refractivity contribution < 1.29 is 14.6 Å². The molecule has 1 aromatic carbocycles. The number of amides is 2. The minimum Gasteiger partial charge on any atom is -0.386 e. The summed E-state index contributed by atoms with van der Waals surface area (Å²) in [5, 5.41) is 16.4. The fourth-order valence-corrected chi connectivity index (χ4v) is 2.84. The van der Waals surface area contributed by atoms with Crippen LogP contribution in [0.3, 0.4) is 0 Å². The zero-order valence-electron chi connectivity index (χ0n) is 13.7. The van der Waals surface area contributed by atoms with Crippen molar-refractivity contribution in [2.45, 2.75) is 32.3 Å². The van der Waals surface area contributed by atoms with Gasteiger partial charge in [0.25, 0.3) is 0 Å². The summed E-state index contributed by atoms with van der Waals surface area (Å²) in [4.78, 5) is 11.9. The van der Waals surface area contributed by atoms with Crippen LogP contribution in [-0.2, 0) is 11.2 Å². The number of carbonyl (C=O) groups is 1. The first kappa shape index (κ1) is 18.0. The zero-order chi connectivity index (χ0) is 16.9. The molecule has 1 fully saturated rings. The van der Waals surface area contributed by atoms with Crippen molar-refractivity contribution in [1.29, 1.82) is 0 Å². The van der Waals surface area contributed by atoms with Crippen LogP contribution < -0.4 is 10.6 Å². The van der Waals surface area contributed by atoms with Crippen molar-refractivity contribution in [3.8, 4) is 0 Å². The van der Waals surface area contributed by atoms with Crippen LogP contribution in [0.4, 0.5) is 4.79 Å². The van der Waals surface area contributed by atoms with Gasteiger partial charge in [0.05, 0.1) is 13.2 Å². The van der Waals surface area contributed by atoms with Crippen molar-refractivity contribution in [3.63, 3.8) is 0 Å². The molecule has 0 radical (unpaired) electrons. The molecule has 0 unspecified atom stereocenters. The van der Waals surface area contributed by atoms with Gasteiger partial charge in [0.15, 0.2) is 0 Å². The lowest BCUT2D eigenvalue weighted by molar-refractivity contribution is 0.0291. The molecule has 2 amide bonds. The highest BCUT2D eigenvalue weighted by Crippen LogP contribution is 2.23. The van der Waals surface area contributed by atoms with E-state index in [1.54, 1.807) is 0 Å². The van der Waals surface area contributed by atoms with Gasteiger partial charge in [-0.25, -0.2) is 4.79 Å². The van der Waals surface area contributed by atoms with Crippen LogP contribution in [0.1, 0.15) is 25.8 Å². The Balaban J connectivity index is 1.75. The molecule has 0 saturated carbocycles. The summed E-state index contributed by atoms with van der Waals surface area (Å²) in [5.41, 5.74) is 0.102. The highest BCUT2D eigenvalue weighted by molar-refractivity contribution is 6.30. The third kappa shape index (κ3) is 6.01. The Morgan fingerprint density at radius 2 is 2.22 bits per heavy atom. The number of hydrogen-bond donors (Lipinski definition) is 3. The first-order chi connectivity index (χ1) is 10.8. The van der Waals surface area contributed by atoms with Crippen molar-refractivity contribution >= 4 is 17.6 Å². The van der Waals surface area contributed by atoms with Gasteiger partial charge in [0.2, 0.25) is 0 Å². The summed E-state index contributed by atoms with van der Waals surface area (Å²) in [6.45, 7) is 5.72. The summed E-state index contributed by atoms with van der Waals surface area (Å²) in [6.07, 6.45) is 1.36. The molecule has 3 N–H and O–H groups in total. The largest absolute Gasteiger partial charge is 0.386 e. The van der Waals surface area contributed by atoms with E-state index >= 15 is 0 Å². The Bertz CT molecular complexity index is 542. The van der Waals surface area contributed by atoms with Crippen LogP contribution in [0, 0.1) is 5.41 Å². The Labute approximate surface area is 142 Å². The summed E-state index contributed by atoms with van der Waals surface area (Å²) in [5.74, 6) is 0. The molecule has 1 heterocycles. The lowest BCUT2D eigenvalue weighted by atomic mass is 9.86. The molecule has 6 heteroatoms. The number of benzene rings is 1. The number of nitrogens with one attached hydrogen (secondary N) is 2. The molecule has 1 aliphatic rings. The second-order valence-electron chi connectivity index (χ2n) is 7.03. The van der Waals surface area contributed by atoms with Crippen LogP contribution in [0.15, 0.2) is 24.3 Å². The quantitative estimate of drug-likeness (QED) is 0.744. The number of ether oxygens (including phenoxy) is 1. The first-order valence-electron chi connectivity index (χ1n) is 7.84. The predicted molar refractivity (Wildman–Crippen MR) is 90.7 cm³/mol. The van der Waals surface area contributed by atoms with Crippen LogP contribution in [0.25, 0.3) is 0 Å². The molecule has 1 aromatic rings. The van der Waals surface area contributed by atoms with E-state index in [0.717, 1.165) is 17.0 Å². The Morgan fingerprint density at radius 3 is 2.87 bits per heavy atom. The van der Waals surface area contributed by atoms with Gasteiger partial charge in [-0.3, -0.25) is 0 Å². The molecule has 1 saturated heterocycles. The number of hydrogen-bond acceptors (Lipinski definition) is 3. The normalized spacial score (nSPS) is 21.2. The lowest BCUT2D eigenvalue weighted by Crippen LogP contribution is -2.48. The highest BCUT2D eigenvalue weighted by atomic mass is 35.5. The molecule has 23 heavy (non-hydrogen) atoms. The average Bonchev–Trinajstić information content (AvgIpc) is 2.90. The minimum absolute atomic E-state index is 0.102. The molecular weight excluding hydrogens is 316 g/mol. The summed E-state index contributed by atoms with van der Waals surface area (Å²) < 4.78 is 5.15. The van der Waals surface area contributed by atoms with Crippen molar-refractivity contribution in [2.24, 2.45) is 5.41 Å². The van der Waals surface area contributed by atoms with Gasteiger partial charge >= 0.3 is 6.03 Å². The van der Waals surface area contributed by atoms with Gasteiger partial charge in [-0.2, -0.15) is 0 Å². The summed E-state index contributed by atoms with van der Waals surface area (Å²) >= 11 is 6.00. The van der Waals surface area contributed by atoms with E-state index in [1.807, 2.05) is 24.3 Å². The molecule has 1 aliphatic heterocycles. The number of aliphatic hydroxyl groups is 1. The Hall–Kier alpha value is -1.30. The van der Waals surface area contributed by atoms with Crippen LogP contribution in [0.5, 0.6) is 0 Å². The van der Waals surface area contributed by atoms with E-state index in [0.29, 0.717) is 19.6 Å². The smallest absolute Gasteiger partial charge is 0.314 e. The van der Waals surface area contributed by atoms with Crippen molar-refractivity contribution in [1.82, 2.24) is 10.6 Å². The highest BCUT2D eigenvalue weighted by Gasteiger charge is 2.32. The third-order valence-corrected chi connectivity index (χ3v) is 4.19. The van der Waals surface area contributed by atoms with Gasteiger partial charge in [-0.15, -0.1) is 0 Å². The molecule has 0 aliphatic carbocycles. The van der Waals surface area contributed by atoms with Gasteiger partial charge in [0, 0.05) is 24.6 Å². The maximum Gasteiger partial charge on any atom is 0.314 e. The lowest BCUT2D eigenvalue weighted by Gasteiger charge is -2.26. The number of halogens is 1. The van der Waals surface area contributed by atoms with E-state index in [-0.39, 0.29) is 24.6 Å². The monoisotopic (exact) mass is 340 g/mol. The van der Waals surface area contributed by atoms with Crippen LogP contribution in [0.2, 0.25) is 5.02 Å². The standard InChI is InChI=1S/C17H25ClN2O3/c1-16(2,9-13-4-3-5-14(18)8-13)10-19-15(21)20-11-17(22)6-7-23-12-17/h3-5,8,22H,6-7,9-12H2,1-2H3,(H2,19,20,21)/t17-/m0/s1. The molecule has 2 rings (SSSR count). The second kappa shape index (κ2) is 7.51. The Morgan fingerprint density at radius 1 is 1.43 bits per heavy atom. The molecule has 5 nitrogen and oxygen atoms in total. The Kier molecular flexibility index (Phi) is 5.89. The summed E-state index contributed by atoms with van der Waals surface area (Å²) in [6, 6.07) is 7.48. The van der Waals surface area contributed by atoms with Crippen molar-refractivity contribution in [3.05, 3.63) is 34.9 Å². The van der Waals surface area contributed by atoms with E-state index in [9.17, 15) is 9.90 Å². The topological polar surface area (TPSA) is 70.6 Å². The molecule has 0 aromatic heterocycles. The fourth-order valence-electron chi connectivity index (χ4n) is 2.62. The first-order valence-corrected chi connectivity index (χ1v) is 8.22. The van der Waals surface area contributed by atoms with E-state index < -0.39 is 5.60 Å². The van der Waals surface area contributed by atoms with Gasteiger partial charge in [-0.1, -0.05) is 37.6 Å². The van der Waals surface area contributed by atoms with E-state index in [2.05, 4.69) is 24.5 Å². The molecule has 0 bridgehead atoms. The predicted octanol–water partition coefficient (Wildman–Crippen LogP) is 2.36. The summed E-state index contributed by atoms with van der Waals surface area (Å²) in [7, 11) is 0. The maximum absolute atomic E-state index is 11.9. The minimum atomic E-state index is -0.937. The van der Waals surface area contributed by atoms with E-state index in [4.69, 9.17) is 16.3 Å². The SMILES string of the molecule is CC(C)(CNC(=O)NC[C@@]1(O)CCOC1)Cc1cccc(Cl)c1. The van der Waals surface area contributed by atoms with Gasteiger partial charge in [0.1, 0.15) is 5.60 Å². The number of carbonyl (C=O) groups excluding carboxylic acids is 1. The molecule has 128 valence electrons. The average molecular weight is 341 g/mol. The zero-order valence-corrected chi connectivity index (χ0v) is 14.4. The van der Waals surface area contributed by atoms with E-state index in [1.165, 1.54) is 0 Å². The number of urea groups is 1. The molecule has 1 atom stereocenters.